The smallest absolute Gasteiger partial charge is 0.136 e. The number of nitrogens with zero attached hydrogens (tertiary/aromatic N) is 2. The Hall–Kier alpha value is -1.33. The molecule has 0 amide bonds. The lowest BCUT2D eigenvalue weighted by Gasteiger charge is -2.13. The molecule has 102 valence electrons. The number of aryl methyl sites for hydroxylation is 1. The van der Waals surface area contributed by atoms with E-state index in [9.17, 15) is 4.39 Å². The van der Waals surface area contributed by atoms with E-state index in [0.29, 0.717) is 10.6 Å². The molecule has 1 heterocycles. The first kappa shape index (κ1) is 14.1. The molecule has 1 aromatic heterocycles. The summed E-state index contributed by atoms with van der Waals surface area (Å²) in [5.41, 5.74) is 7.17. The molecule has 0 spiro atoms. The fraction of sp³-hybridized carbons (Fsp3) is 0.357. The number of nitrogens with two attached hydrogens (primary N) is 1. The highest BCUT2D eigenvalue weighted by Crippen LogP contribution is 2.25. The molecule has 0 radical (unpaired) electrons. The highest BCUT2D eigenvalue weighted by atomic mass is 32.2. The Labute approximate surface area is 117 Å². The average Bonchev–Trinajstić information content (AvgIpc) is 2.86. The number of thioether (sulfide) groups is 1. The summed E-state index contributed by atoms with van der Waals surface area (Å²) >= 11 is 1.44. The predicted molar refractivity (Wildman–Crippen MR) is 76.6 cm³/mol. The lowest BCUT2D eigenvalue weighted by molar-refractivity contribution is 0.554. The van der Waals surface area contributed by atoms with Crippen molar-refractivity contribution in [3.8, 4) is 0 Å². The zero-order valence-electron chi connectivity index (χ0n) is 10.9. The molecular weight excluding hydrogens is 261 g/mol. The molecule has 2 rings (SSSR count). The van der Waals surface area contributed by atoms with Crippen LogP contribution in [0.5, 0.6) is 0 Å². The zero-order chi connectivity index (χ0) is 13.7. The van der Waals surface area contributed by atoms with Gasteiger partial charge in [-0.2, -0.15) is 5.10 Å². The molecule has 0 fully saturated rings. The van der Waals surface area contributed by atoms with Gasteiger partial charge in [0.1, 0.15) is 5.82 Å². The van der Waals surface area contributed by atoms with Gasteiger partial charge in [0.05, 0.1) is 11.7 Å². The summed E-state index contributed by atoms with van der Waals surface area (Å²) in [5, 5.41) is 4.25. The molecule has 1 atom stereocenters. The lowest BCUT2D eigenvalue weighted by Crippen LogP contribution is -2.18. The number of benzene rings is 1. The molecule has 1 aromatic carbocycles. The number of halogens is 1. The Kier molecular flexibility index (Phi) is 4.99. The minimum absolute atomic E-state index is 0.140. The maximum absolute atomic E-state index is 13.5. The third-order valence-electron chi connectivity index (χ3n) is 2.82. The lowest BCUT2D eigenvalue weighted by atomic mass is 10.2. The van der Waals surface area contributed by atoms with Gasteiger partial charge >= 0.3 is 0 Å². The van der Waals surface area contributed by atoms with Crippen LogP contribution in [0.25, 0.3) is 0 Å². The van der Waals surface area contributed by atoms with Crippen molar-refractivity contribution in [3.63, 3.8) is 0 Å². The van der Waals surface area contributed by atoms with Crippen LogP contribution in [-0.2, 0) is 6.54 Å². The molecule has 0 aliphatic heterocycles. The van der Waals surface area contributed by atoms with Gasteiger partial charge in [-0.3, -0.25) is 4.68 Å². The van der Waals surface area contributed by atoms with Crippen LogP contribution in [0.3, 0.4) is 0 Å². The first-order valence-electron chi connectivity index (χ1n) is 6.37. The second-order valence-corrected chi connectivity index (χ2v) is 5.39. The fourth-order valence-corrected chi connectivity index (χ4v) is 2.79. The Morgan fingerprint density at radius 3 is 2.89 bits per heavy atom. The van der Waals surface area contributed by atoms with E-state index in [1.165, 1.54) is 17.8 Å². The van der Waals surface area contributed by atoms with Crippen molar-refractivity contribution in [1.82, 2.24) is 9.78 Å². The van der Waals surface area contributed by atoms with Gasteiger partial charge in [-0.25, -0.2) is 4.39 Å². The van der Waals surface area contributed by atoms with Crippen molar-refractivity contribution >= 4 is 11.8 Å². The van der Waals surface area contributed by atoms with Crippen LogP contribution in [0.2, 0.25) is 0 Å². The van der Waals surface area contributed by atoms with Crippen LogP contribution in [-0.4, -0.2) is 15.5 Å². The van der Waals surface area contributed by atoms with Crippen molar-refractivity contribution in [2.45, 2.75) is 30.8 Å². The van der Waals surface area contributed by atoms with Gasteiger partial charge in [0.2, 0.25) is 0 Å². The molecule has 1 unspecified atom stereocenters. The Morgan fingerprint density at radius 2 is 2.16 bits per heavy atom. The largest absolute Gasteiger partial charge is 0.322 e. The van der Waals surface area contributed by atoms with E-state index in [4.69, 9.17) is 5.73 Å². The van der Waals surface area contributed by atoms with Gasteiger partial charge in [0.25, 0.3) is 0 Å². The van der Waals surface area contributed by atoms with E-state index in [-0.39, 0.29) is 11.9 Å². The van der Waals surface area contributed by atoms with Crippen molar-refractivity contribution < 1.29 is 4.39 Å². The summed E-state index contributed by atoms with van der Waals surface area (Å²) in [6, 6.07) is 8.56. The third kappa shape index (κ3) is 3.58. The zero-order valence-corrected chi connectivity index (χ0v) is 11.7. The fourth-order valence-electron chi connectivity index (χ4n) is 1.88. The van der Waals surface area contributed by atoms with Crippen molar-refractivity contribution in [2.75, 3.05) is 5.75 Å². The highest BCUT2D eigenvalue weighted by molar-refractivity contribution is 7.99. The molecule has 5 heteroatoms. The molecule has 2 N–H and O–H groups in total. The van der Waals surface area contributed by atoms with Crippen LogP contribution >= 0.6 is 11.8 Å². The molecule has 0 aliphatic rings. The maximum Gasteiger partial charge on any atom is 0.136 e. The average molecular weight is 279 g/mol. The van der Waals surface area contributed by atoms with Gasteiger partial charge in [-0.15, -0.1) is 11.8 Å². The summed E-state index contributed by atoms with van der Waals surface area (Å²) in [7, 11) is 0. The molecule has 3 nitrogen and oxygen atoms in total. The first-order chi connectivity index (χ1) is 9.22. The van der Waals surface area contributed by atoms with Crippen LogP contribution < -0.4 is 5.73 Å². The third-order valence-corrected chi connectivity index (χ3v) is 3.99. The Bertz CT molecular complexity index is 527. The van der Waals surface area contributed by atoms with Gasteiger partial charge in [-0.05, 0) is 24.6 Å². The number of aromatic nitrogens is 2. The van der Waals surface area contributed by atoms with Crippen LogP contribution in [0, 0.1) is 5.82 Å². The standard InChI is InChI=1S/C14H18FN3S/c1-2-9-18-13(7-8-17-18)12(16)10-19-14-6-4-3-5-11(14)15/h3-8,12H,2,9-10,16H2,1H3. The maximum atomic E-state index is 13.5. The van der Waals surface area contributed by atoms with Crippen LogP contribution in [0.4, 0.5) is 4.39 Å². The van der Waals surface area contributed by atoms with E-state index in [0.717, 1.165) is 18.7 Å². The monoisotopic (exact) mass is 279 g/mol. The van der Waals surface area contributed by atoms with Crippen LogP contribution in [0.15, 0.2) is 41.4 Å². The van der Waals surface area contributed by atoms with Crippen LogP contribution in [0.1, 0.15) is 25.1 Å². The van der Waals surface area contributed by atoms with Crippen molar-refractivity contribution in [2.24, 2.45) is 5.73 Å². The topological polar surface area (TPSA) is 43.8 Å². The van der Waals surface area contributed by atoms with E-state index >= 15 is 0 Å². The second kappa shape index (κ2) is 6.73. The molecule has 0 saturated heterocycles. The second-order valence-electron chi connectivity index (χ2n) is 4.33. The number of rotatable bonds is 6. The van der Waals surface area contributed by atoms with Crippen molar-refractivity contribution in [3.05, 3.63) is 48.0 Å². The quantitative estimate of drug-likeness (QED) is 0.826. The molecule has 0 saturated carbocycles. The summed E-state index contributed by atoms with van der Waals surface area (Å²) < 4.78 is 15.4. The summed E-state index contributed by atoms with van der Waals surface area (Å²) in [4.78, 5) is 0.638. The van der Waals surface area contributed by atoms with E-state index < -0.39 is 0 Å². The Balaban J connectivity index is 1.99. The van der Waals surface area contributed by atoms with Crippen molar-refractivity contribution in [1.29, 1.82) is 0 Å². The van der Waals surface area contributed by atoms with Gasteiger partial charge in [-0.1, -0.05) is 19.1 Å². The minimum Gasteiger partial charge on any atom is -0.322 e. The van der Waals surface area contributed by atoms with Gasteiger partial charge in [0, 0.05) is 23.4 Å². The first-order valence-corrected chi connectivity index (χ1v) is 7.35. The van der Waals surface area contributed by atoms with Gasteiger partial charge in [0.15, 0.2) is 0 Å². The summed E-state index contributed by atoms with van der Waals surface area (Å²) in [6.07, 6.45) is 2.78. The summed E-state index contributed by atoms with van der Waals surface area (Å²) in [6.45, 7) is 2.96. The Morgan fingerprint density at radius 1 is 1.37 bits per heavy atom. The normalized spacial score (nSPS) is 12.6. The number of hydrogen-bond donors (Lipinski definition) is 1. The minimum atomic E-state index is -0.193. The molecular formula is C14H18FN3S. The molecule has 0 aliphatic carbocycles. The predicted octanol–water partition coefficient (Wildman–Crippen LogP) is 3.22. The molecule has 0 bridgehead atoms. The highest BCUT2D eigenvalue weighted by Gasteiger charge is 2.13. The SMILES string of the molecule is CCCn1nccc1C(N)CSc1ccccc1F. The number of hydrogen-bond acceptors (Lipinski definition) is 3. The molecule has 2 aromatic rings. The van der Waals surface area contributed by atoms with Gasteiger partial charge < -0.3 is 5.73 Å². The summed E-state index contributed by atoms with van der Waals surface area (Å²) in [5.74, 6) is 0.442. The van der Waals surface area contributed by atoms with E-state index in [1.807, 2.05) is 16.8 Å². The molecule has 19 heavy (non-hydrogen) atoms. The van der Waals surface area contributed by atoms with E-state index in [2.05, 4.69) is 12.0 Å². The van der Waals surface area contributed by atoms with E-state index in [1.54, 1.807) is 18.3 Å².